The lowest BCUT2D eigenvalue weighted by molar-refractivity contribution is 0.236. The van der Waals surface area contributed by atoms with Gasteiger partial charge in [0.15, 0.2) is 11.5 Å². The van der Waals surface area contributed by atoms with Gasteiger partial charge in [-0.15, -0.1) is 0 Å². The van der Waals surface area contributed by atoms with Crippen LogP contribution in [0.2, 0.25) is 0 Å². The molecule has 0 spiro atoms. The Morgan fingerprint density at radius 3 is 2.60 bits per heavy atom. The summed E-state index contributed by atoms with van der Waals surface area (Å²) >= 11 is 0. The maximum Gasteiger partial charge on any atom is 0.161 e. The molecule has 4 nitrogen and oxygen atoms in total. The summed E-state index contributed by atoms with van der Waals surface area (Å²) in [6.45, 7) is 3.22. The number of hydrogen-bond donors (Lipinski definition) is 1. The molecular weight excluding hydrogens is 254 g/mol. The van der Waals surface area contributed by atoms with Gasteiger partial charge in [-0.3, -0.25) is 4.90 Å². The Kier molecular flexibility index (Phi) is 5.44. The fourth-order valence-corrected chi connectivity index (χ4v) is 2.51. The Morgan fingerprint density at radius 2 is 2.00 bits per heavy atom. The zero-order chi connectivity index (χ0) is 14.4. The molecule has 110 valence electrons. The van der Waals surface area contributed by atoms with Crippen LogP contribution < -0.4 is 9.47 Å². The predicted octanol–water partition coefficient (Wildman–Crippen LogP) is 2.18. The van der Waals surface area contributed by atoms with Gasteiger partial charge in [0.2, 0.25) is 0 Å². The third-order valence-corrected chi connectivity index (χ3v) is 3.68. The highest BCUT2D eigenvalue weighted by atomic mass is 16.5. The normalized spacial score (nSPS) is 15.8. The maximum atomic E-state index is 8.87. The first kappa shape index (κ1) is 14.9. The second-order valence-corrected chi connectivity index (χ2v) is 4.93. The standard InChI is InChI=1S/C16H23NO3/c1-19-15-5-4-14(12-16(15)20-2)13-6-9-17(10-7-13)8-3-11-18/h4-6,12,18H,3,7-11H2,1-2H3. The average molecular weight is 277 g/mol. The van der Waals surface area contributed by atoms with Crippen LogP contribution in [0, 0.1) is 0 Å². The average Bonchev–Trinajstić information content (AvgIpc) is 2.52. The highest BCUT2D eigenvalue weighted by Gasteiger charge is 2.14. The molecule has 0 atom stereocenters. The minimum absolute atomic E-state index is 0.267. The van der Waals surface area contributed by atoms with E-state index < -0.39 is 0 Å². The molecule has 0 unspecified atom stereocenters. The second kappa shape index (κ2) is 7.31. The van der Waals surface area contributed by atoms with Crippen molar-refractivity contribution in [1.82, 2.24) is 4.90 Å². The lowest BCUT2D eigenvalue weighted by Gasteiger charge is -2.26. The van der Waals surface area contributed by atoms with Crippen molar-refractivity contribution in [2.24, 2.45) is 0 Å². The molecule has 0 bridgehead atoms. The number of rotatable bonds is 6. The van der Waals surface area contributed by atoms with Gasteiger partial charge >= 0.3 is 0 Å². The first-order valence-corrected chi connectivity index (χ1v) is 7.03. The molecular formula is C16H23NO3. The van der Waals surface area contributed by atoms with Crippen LogP contribution in [0.25, 0.3) is 5.57 Å². The summed E-state index contributed by atoms with van der Waals surface area (Å²) in [5, 5.41) is 8.87. The number of methoxy groups -OCH3 is 2. The molecule has 1 aromatic carbocycles. The third-order valence-electron chi connectivity index (χ3n) is 3.68. The molecule has 0 saturated heterocycles. The predicted molar refractivity (Wildman–Crippen MR) is 80.3 cm³/mol. The first-order chi connectivity index (χ1) is 9.78. The molecule has 0 radical (unpaired) electrons. The van der Waals surface area contributed by atoms with E-state index in [1.807, 2.05) is 12.1 Å². The van der Waals surface area contributed by atoms with Crippen molar-refractivity contribution in [3.63, 3.8) is 0 Å². The van der Waals surface area contributed by atoms with Crippen molar-refractivity contribution in [1.29, 1.82) is 0 Å². The van der Waals surface area contributed by atoms with E-state index in [9.17, 15) is 0 Å². The van der Waals surface area contributed by atoms with E-state index in [1.54, 1.807) is 14.2 Å². The van der Waals surface area contributed by atoms with Crippen LogP contribution in [-0.2, 0) is 0 Å². The minimum atomic E-state index is 0.267. The summed E-state index contributed by atoms with van der Waals surface area (Å²) in [6, 6.07) is 6.07. The minimum Gasteiger partial charge on any atom is -0.493 e. The number of hydrogen-bond acceptors (Lipinski definition) is 4. The summed E-state index contributed by atoms with van der Waals surface area (Å²) in [4.78, 5) is 2.36. The van der Waals surface area contributed by atoms with Gasteiger partial charge in [0.25, 0.3) is 0 Å². The van der Waals surface area contributed by atoms with Gasteiger partial charge in [0.05, 0.1) is 14.2 Å². The van der Waals surface area contributed by atoms with Crippen molar-refractivity contribution in [3.8, 4) is 11.5 Å². The van der Waals surface area contributed by atoms with Crippen molar-refractivity contribution in [2.45, 2.75) is 12.8 Å². The van der Waals surface area contributed by atoms with E-state index in [4.69, 9.17) is 14.6 Å². The quantitative estimate of drug-likeness (QED) is 0.865. The van der Waals surface area contributed by atoms with Crippen LogP contribution in [0.15, 0.2) is 24.3 Å². The molecule has 1 aliphatic rings. The number of nitrogens with zero attached hydrogens (tertiary/aromatic N) is 1. The third kappa shape index (κ3) is 3.52. The molecule has 1 heterocycles. The van der Waals surface area contributed by atoms with Crippen LogP contribution in [0.4, 0.5) is 0 Å². The SMILES string of the molecule is COc1ccc(C2=CCN(CCCO)CC2)cc1OC. The van der Waals surface area contributed by atoms with Crippen molar-refractivity contribution >= 4 is 5.57 Å². The Hall–Kier alpha value is -1.52. The number of aliphatic hydroxyl groups is 1. The highest BCUT2D eigenvalue weighted by Crippen LogP contribution is 2.32. The Bertz CT molecular complexity index is 471. The zero-order valence-electron chi connectivity index (χ0n) is 12.3. The van der Waals surface area contributed by atoms with Gasteiger partial charge in [-0.25, -0.2) is 0 Å². The summed E-state index contributed by atoms with van der Waals surface area (Å²) in [5.41, 5.74) is 2.55. The van der Waals surface area contributed by atoms with Crippen LogP contribution in [0.1, 0.15) is 18.4 Å². The van der Waals surface area contributed by atoms with Crippen LogP contribution >= 0.6 is 0 Å². The number of aliphatic hydroxyl groups excluding tert-OH is 1. The van der Waals surface area contributed by atoms with Crippen LogP contribution in [-0.4, -0.2) is 50.5 Å². The van der Waals surface area contributed by atoms with Gasteiger partial charge in [-0.1, -0.05) is 12.1 Å². The molecule has 1 N–H and O–H groups in total. The van der Waals surface area contributed by atoms with Crippen molar-refractivity contribution in [3.05, 3.63) is 29.8 Å². The van der Waals surface area contributed by atoms with Crippen LogP contribution in [0.3, 0.4) is 0 Å². The maximum absolute atomic E-state index is 8.87. The largest absolute Gasteiger partial charge is 0.493 e. The van der Waals surface area contributed by atoms with Gasteiger partial charge < -0.3 is 14.6 Å². The Labute approximate surface area is 120 Å². The fraction of sp³-hybridized carbons (Fsp3) is 0.500. The highest BCUT2D eigenvalue weighted by molar-refractivity contribution is 5.69. The number of benzene rings is 1. The van der Waals surface area contributed by atoms with Gasteiger partial charge in [0, 0.05) is 26.2 Å². The zero-order valence-corrected chi connectivity index (χ0v) is 12.3. The Morgan fingerprint density at radius 1 is 1.20 bits per heavy atom. The molecule has 0 amide bonds. The molecule has 1 aromatic rings. The monoisotopic (exact) mass is 277 g/mol. The van der Waals surface area contributed by atoms with Gasteiger partial charge in [0.1, 0.15) is 0 Å². The smallest absolute Gasteiger partial charge is 0.161 e. The first-order valence-electron chi connectivity index (χ1n) is 7.03. The molecule has 2 rings (SSSR count). The van der Waals surface area contributed by atoms with Crippen LogP contribution in [0.5, 0.6) is 11.5 Å². The topological polar surface area (TPSA) is 41.9 Å². The molecule has 0 aliphatic carbocycles. The summed E-state index contributed by atoms with van der Waals surface area (Å²) in [5.74, 6) is 1.53. The van der Waals surface area contributed by atoms with Gasteiger partial charge in [-0.05, 0) is 36.1 Å². The summed E-state index contributed by atoms with van der Waals surface area (Å²) < 4.78 is 10.6. The van der Waals surface area contributed by atoms with E-state index in [-0.39, 0.29) is 6.61 Å². The van der Waals surface area contributed by atoms with E-state index in [2.05, 4.69) is 17.0 Å². The molecule has 0 aromatic heterocycles. The molecule has 4 heteroatoms. The molecule has 0 saturated carbocycles. The summed E-state index contributed by atoms with van der Waals surface area (Å²) in [6.07, 6.45) is 4.14. The summed E-state index contributed by atoms with van der Waals surface area (Å²) in [7, 11) is 3.31. The number of ether oxygens (including phenoxy) is 2. The lowest BCUT2D eigenvalue weighted by Crippen LogP contribution is -2.29. The van der Waals surface area contributed by atoms with E-state index >= 15 is 0 Å². The fourth-order valence-electron chi connectivity index (χ4n) is 2.51. The Balaban J connectivity index is 2.07. The lowest BCUT2D eigenvalue weighted by atomic mass is 9.99. The van der Waals surface area contributed by atoms with E-state index in [1.165, 1.54) is 11.1 Å². The van der Waals surface area contributed by atoms with Gasteiger partial charge in [-0.2, -0.15) is 0 Å². The van der Waals surface area contributed by atoms with E-state index in [0.717, 1.165) is 44.0 Å². The van der Waals surface area contributed by atoms with Crippen molar-refractivity contribution < 1.29 is 14.6 Å². The molecule has 20 heavy (non-hydrogen) atoms. The van der Waals surface area contributed by atoms with Crippen molar-refractivity contribution in [2.75, 3.05) is 40.5 Å². The second-order valence-electron chi connectivity index (χ2n) is 4.93. The molecule has 1 aliphatic heterocycles. The van der Waals surface area contributed by atoms with E-state index in [0.29, 0.717) is 0 Å². The molecule has 0 fully saturated rings.